The van der Waals surface area contributed by atoms with Gasteiger partial charge < -0.3 is 56.0 Å². The van der Waals surface area contributed by atoms with Crippen molar-refractivity contribution in [3.63, 3.8) is 0 Å². The second kappa shape index (κ2) is 14.1. The quantitative estimate of drug-likeness (QED) is 0.132. The Hall–Kier alpha value is -0.480. The third-order valence-corrected chi connectivity index (χ3v) is 9.83. The molecule has 0 aliphatic carbocycles. The molecule has 12 heteroatoms. The Morgan fingerprint density at radius 3 is 1.41 bits per heavy atom. The van der Waals surface area contributed by atoms with Gasteiger partial charge in [-0.25, -0.2) is 0 Å². The summed E-state index contributed by atoms with van der Waals surface area (Å²) in [5.41, 5.74) is 0. The molecule has 12 atom stereocenters. The lowest BCUT2D eigenvalue weighted by molar-refractivity contribution is -0.1000. The van der Waals surface area contributed by atoms with Gasteiger partial charge >= 0.3 is 0 Å². The monoisotopic (exact) mass is 560 g/mol. The molecule has 4 rings (SSSR count). The average molecular weight is 561 g/mol. The van der Waals surface area contributed by atoms with Crippen LogP contribution in [0.25, 0.3) is 0 Å². The molecule has 228 valence electrons. The lowest BCUT2D eigenvalue weighted by Gasteiger charge is -2.48. The zero-order chi connectivity index (χ0) is 28.3. The number of nitrogens with one attached hydrogen (secondary N) is 1. The first kappa shape index (κ1) is 31.5. The Morgan fingerprint density at radius 2 is 0.923 bits per heavy atom. The van der Waals surface area contributed by atoms with Crippen LogP contribution in [-0.4, -0.2) is 178 Å². The van der Waals surface area contributed by atoms with Gasteiger partial charge in [0.25, 0.3) is 0 Å². The first-order valence-corrected chi connectivity index (χ1v) is 14.8. The molecule has 0 bridgehead atoms. The van der Waals surface area contributed by atoms with E-state index in [-0.39, 0.29) is 61.2 Å². The van der Waals surface area contributed by atoms with Crippen LogP contribution in [0.4, 0.5) is 0 Å². The van der Waals surface area contributed by atoms with E-state index in [2.05, 4.69) is 20.0 Å². The summed E-state index contributed by atoms with van der Waals surface area (Å²) in [6.45, 7) is 7.65. The van der Waals surface area contributed by atoms with Crippen molar-refractivity contribution in [3.8, 4) is 0 Å². The minimum Gasteiger partial charge on any atom is -0.396 e. The molecule has 39 heavy (non-hydrogen) atoms. The van der Waals surface area contributed by atoms with Crippen molar-refractivity contribution in [1.29, 1.82) is 0 Å². The van der Waals surface area contributed by atoms with Crippen molar-refractivity contribution >= 4 is 0 Å². The van der Waals surface area contributed by atoms with Crippen LogP contribution < -0.4 is 5.32 Å². The number of β-amino-alcohol motifs (C(OH)–C–C–N with tert-alkyl or cyclic N) is 1. The largest absolute Gasteiger partial charge is 0.396 e. The van der Waals surface area contributed by atoms with E-state index in [0.717, 1.165) is 0 Å². The molecule has 4 saturated heterocycles. The lowest BCUT2D eigenvalue weighted by Crippen LogP contribution is -2.60. The molecule has 4 aliphatic rings. The summed E-state index contributed by atoms with van der Waals surface area (Å²) in [4.78, 5) is 6.48. The van der Waals surface area contributed by atoms with Crippen molar-refractivity contribution in [3.05, 3.63) is 0 Å². The third kappa shape index (κ3) is 7.49. The van der Waals surface area contributed by atoms with Crippen LogP contribution in [0.2, 0.25) is 0 Å². The van der Waals surface area contributed by atoms with Gasteiger partial charge in [0.2, 0.25) is 0 Å². The maximum absolute atomic E-state index is 11.1. The summed E-state index contributed by atoms with van der Waals surface area (Å²) < 4.78 is 0. The van der Waals surface area contributed by atoms with E-state index >= 15 is 0 Å². The number of hydrogen-bond donors (Lipinski definition) is 9. The van der Waals surface area contributed by atoms with E-state index in [4.69, 9.17) is 0 Å². The zero-order valence-electron chi connectivity index (χ0n) is 23.2. The number of rotatable bonds is 9. The van der Waals surface area contributed by atoms with Crippen LogP contribution in [0, 0.1) is 41.4 Å². The highest BCUT2D eigenvalue weighted by Gasteiger charge is 2.43. The SMILES string of the molecule is C[C@@H]1CN(C[C@@H]2CN(C[C@@H]3CN(C[C@@H]4CNC[C@H](CO)[C@@H]4O)C[C@H](CO)[C@@H]3O)C[C@H](CO)[C@@H]2O)C[C@H](O)[C@@H]1O. The summed E-state index contributed by atoms with van der Waals surface area (Å²) in [5, 5.41) is 86.2. The molecule has 0 aromatic heterocycles. The van der Waals surface area contributed by atoms with Gasteiger partial charge in [-0.05, 0) is 5.92 Å². The predicted octanol–water partition coefficient (Wildman–Crippen LogP) is -4.35. The van der Waals surface area contributed by atoms with Gasteiger partial charge in [0, 0.05) is 127 Å². The zero-order valence-corrected chi connectivity index (χ0v) is 23.2. The van der Waals surface area contributed by atoms with E-state index in [9.17, 15) is 40.9 Å². The number of aliphatic hydroxyl groups excluding tert-OH is 8. The molecule has 0 unspecified atom stereocenters. The second-order valence-electron chi connectivity index (χ2n) is 12.9. The van der Waals surface area contributed by atoms with Crippen molar-refractivity contribution < 1.29 is 40.9 Å². The van der Waals surface area contributed by atoms with Crippen molar-refractivity contribution in [2.45, 2.75) is 37.4 Å². The molecule has 4 aliphatic heterocycles. The smallest absolute Gasteiger partial charge is 0.0928 e. The van der Waals surface area contributed by atoms with Gasteiger partial charge in [-0.2, -0.15) is 0 Å². The maximum Gasteiger partial charge on any atom is 0.0928 e. The summed E-state index contributed by atoms with van der Waals surface area (Å²) in [7, 11) is 0. The van der Waals surface area contributed by atoms with Crippen LogP contribution in [0.3, 0.4) is 0 Å². The van der Waals surface area contributed by atoms with Gasteiger partial charge in [-0.1, -0.05) is 6.92 Å². The van der Waals surface area contributed by atoms with Gasteiger partial charge in [0.1, 0.15) is 0 Å². The van der Waals surface area contributed by atoms with Crippen molar-refractivity contribution in [2.75, 3.05) is 91.8 Å². The summed E-state index contributed by atoms with van der Waals surface area (Å²) in [6.07, 6.45) is -3.58. The number of nitrogens with zero attached hydrogens (tertiary/aromatic N) is 3. The van der Waals surface area contributed by atoms with Crippen molar-refractivity contribution in [1.82, 2.24) is 20.0 Å². The maximum atomic E-state index is 11.1. The van der Waals surface area contributed by atoms with Crippen LogP contribution in [0.5, 0.6) is 0 Å². The molecule has 4 heterocycles. The van der Waals surface area contributed by atoms with Gasteiger partial charge in [0.15, 0.2) is 0 Å². The topological polar surface area (TPSA) is 184 Å². The fourth-order valence-electron chi connectivity index (χ4n) is 7.55. The molecule has 0 spiro atoms. The van der Waals surface area contributed by atoms with Crippen LogP contribution in [0.1, 0.15) is 6.92 Å². The van der Waals surface area contributed by atoms with Crippen LogP contribution in [0.15, 0.2) is 0 Å². The Kier molecular flexibility index (Phi) is 11.4. The predicted molar refractivity (Wildman–Crippen MR) is 144 cm³/mol. The molecular formula is C27H52N4O8. The number of aliphatic hydroxyl groups is 8. The Balaban J connectivity index is 1.40. The molecule has 4 fully saturated rings. The van der Waals surface area contributed by atoms with E-state index in [1.165, 1.54) is 0 Å². The average Bonchev–Trinajstić information content (AvgIpc) is 2.91. The minimum atomic E-state index is -0.830. The van der Waals surface area contributed by atoms with E-state index in [1.807, 2.05) is 6.92 Å². The van der Waals surface area contributed by atoms with Crippen LogP contribution >= 0.6 is 0 Å². The molecule has 0 radical (unpaired) electrons. The Morgan fingerprint density at radius 1 is 0.513 bits per heavy atom. The lowest BCUT2D eigenvalue weighted by atomic mass is 9.81. The summed E-state index contributed by atoms with van der Waals surface area (Å²) in [6, 6.07) is 0. The van der Waals surface area contributed by atoms with Gasteiger partial charge in [-0.3, -0.25) is 4.90 Å². The molecule has 0 aromatic carbocycles. The first-order chi connectivity index (χ1) is 18.6. The Labute approximate surface area is 231 Å². The standard InChI is InChI=1S/C27H52N4O8/c1-16-4-29(12-23(35)24(16)36)6-19-8-31(11-22(15-34)26(19)38)9-20-7-30(10-21(14-33)27(20)39)5-17-2-28-3-18(13-32)25(17)37/h16-28,32-39H,2-15H2,1H3/t16-,17+,18-,19-,20+,21-,22-,23+,24-,25-,26-,27-/m1/s1. The molecule has 0 amide bonds. The molecule has 12 nitrogen and oxygen atoms in total. The fourth-order valence-corrected chi connectivity index (χ4v) is 7.55. The van der Waals surface area contributed by atoms with Gasteiger partial charge in [-0.15, -0.1) is 0 Å². The molecule has 0 saturated carbocycles. The molecular weight excluding hydrogens is 508 g/mol. The fraction of sp³-hybridized carbons (Fsp3) is 1.00. The Bertz CT molecular complexity index is 743. The summed E-state index contributed by atoms with van der Waals surface area (Å²) in [5.74, 6) is -1.29. The van der Waals surface area contributed by atoms with Crippen LogP contribution in [-0.2, 0) is 0 Å². The third-order valence-electron chi connectivity index (χ3n) is 9.83. The number of likely N-dealkylation sites (tertiary alicyclic amines) is 3. The van der Waals surface area contributed by atoms with Gasteiger partial charge in [0.05, 0.1) is 30.5 Å². The molecule has 0 aromatic rings. The van der Waals surface area contributed by atoms with E-state index in [1.54, 1.807) is 0 Å². The number of hydrogen-bond acceptors (Lipinski definition) is 12. The highest BCUT2D eigenvalue weighted by Crippen LogP contribution is 2.30. The minimum absolute atomic E-state index is 0.0553. The highest BCUT2D eigenvalue weighted by atomic mass is 16.3. The normalized spacial score (nSPS) is 45.5. The highest BCUT2D eigenvalue weighted by molar-refractivity contribution is 4.95. The van der Waals surface area contributed by atoms with Crippen molar-refractivity contribution in [2.24, 2.45) is 41.4 Å². The van der Waals surface area contributed by atoms with E-state index in [0.29, 0.717) is 72.0 Å². The van der Waals surface area contributed by atoms with E-state index < -0.39 is 30.5 Å². The number of piperidine rings is 4. The second-order valence-corrected chi connectivity index (χ2v) is 12.9. The first-order valence-electron chi connectivity index (χ1n) is 14.8. The summed E-state index contributed by atoms with van der Waals surface area (Å²) >= 11 is 0. The molecule has 9 N–H and O–H groups in total.